The highest BCUT2D eigenvalue weighted by molar-refractivity contribution is 7.21. The fourth-order valence-corrected chi connectivity index (χ4v) is 4.81. The van der Waals surface area contributed by atoms with Gasteiger partial charge in [0.25, 0.3) is 11.6 Å². The first-order valence-corrected chi connectivity index (χ1v) is 9.29. The van der Waals surface area contributed by atoms with Crippen molar-refractivity contribution in [2.45, 2.75) is 13.0 Å². The Bertz CT molecular complexity index is 1000. The van der Waals surface area contributed by atoms with Crippen LogP contribution in [0.4, 0.5) is 10.8 Å². The number of amides is 1. The van der Waals surface area contributed by atoms with Crippen LogP contribution in [-0.4, -0.2) is 34.3 Å². The highest BCUT2D eigenvalue weighted by Gasteiger charge is 2.20. The number of anilines is 1. The van der Waals surface area contributed by atoms with E-state index in [0.717, 1.165) is 29.9 Å². The standard InChI is InChI=1S/C16H14N4O3S2.ClH/c1-19-5-4-11-14(8-19)25-16(17-11)18-15(21)13-7-9-6-10(20(22)23)2-3-12(9)24-13;/h2-3,6-7H,4-5,8H2,1H3,(H,17,18,21);1H. The third-order valence-corrected chi connectivity index (χ3v) is 6.19. The third kappa shape index (κ3) is 3.56. The lowest BCUT2D eigenvalue weighted by Crippen LogP contribution is -2.25. The molecule has 1 aromatic carbocycles. The molecule has 1 aliphatic heterocycles. The number of rotatable bonds is 3. The number of likely N-dealkylation sites (N-methyl/N-ethyl adjacent to an activating group) is 1. The average Bonchev–Trinajstić information content (AvgIpc) is 3.16. The number of carbonyl (C=O) groups is 1. The van der Waals surface area contributed by atoms with E-state index >= 15 is 0 Å². The number of benzene rings is 1. The fourth-order valence-electron chi connectivity index (χ4n) is 2.79. The summed E-state index contributed by atoms with van der Waals surface area (Å²) >= 11 is 2.82. The zero-order valence-corrected chi connectivity index (χ0v) is 16.2. The van der Waals surface area contributed by atoms with E-state index in [1.165, 1.54) is 39.7 Å². The second-order valence-electron chi connectivity index (χ2n) is 5.92. The van der Waals surface area contributed by atoms with Crippen molar-refractivity contribution in [3.8, 4) is 0 Å². The molecule has 136 valence electrons. The molecule has 1 aliphatic rings. The van der Waals surface area contributed by atoms with E-state index in [4.69, 9.17) is 0 Å². The van der Waals surface area contributed by atoms with E-state index in [-0.39, 0.29) is 24.0 Å². The van der Waals surface area contributed by atoms with Gasteiger partial charge in [0.05, 0.1) is 15.5 Å². The van der Waals surface area contributed by atoms with E-state index < -0.39 is 4.92 Å². The minimum absolute atomic E-state index is 0. The van der Waals surface area contributed by atoms with Crippen LogP contribution < -0.4 is 5.32 Å². The minimum Gasteiger partial charge on any atom is -0.301 e. The second-order valence-corrected chi connectivity index (χ2v) is 8.09. The minimum atomic E-state index is -0.437. The van der Waals surface area contributed by atoms with E-state index in [0.29, 0.717) is 15.4 Å². The van der Waals surface area contributed by atoms with Gasteiger partial charge in [0.2, 0.25) is 0 Å². The Morgan fingerprint density at radius 1 is 1.35 bits per heavy atom. The summed E-state index contributed by atoms with van der Waals surface area (Å²) in [6.45, 7) is 1.83. The molecule has 0 bridgehead atoms. The van der Waals surface area contributed by atoms with Crippen LogP contribution in [-0.2, 0) is 13.0 Å². The zero-order valence-electron chi connectivity index (χ0n) is 13.7. The molecule has 0 spiro atoms. The Labute approximate surface area is 163 Å². The van der Waals surface area contributed by atoms with Crippen LogP contribution >= 0.6 is 35.1 Å². The van der Waals surface area contributed by atoms with Gasteiger partial charge in [-0.2, -0.15) is 0 Å². The van der Waals surface area contributed by atoms with Gasteiger partial charge >= 0.3 is 0 Å². The van der Waals surface area contributed by atoms with Gasteiger partial charge in [-0.15, -0.1) is 35.1 Å². The van der Waals surface area contributed by atoms with Crippen molar-refractivity contribution >= 4 is 61.9 Å². The molecular formula is C16H15ClN4O3S2. The Kier molecular flexibility index (Phi) is 5.24. The summed E-state index contributed by atoms with van der Waals surface area (Å²) < 4.78 is 0.843. The topological polar surface area (TPSA) is 88.4 Å². The SMILES string of the molecule is CN1CCc2nc(NC(=O)c3cc4cc([N+](=O)[O-])ccc4s3)sc2C1.Cl. The Hall–Kier alpha value is -2.07. The molecule has 10 heteroatoms. The van der Waals surface area contributed by atoms with Crippen molar-refractivity contribution in [2.24, 2.45) is 0 Å². The summed E-state index contributed by atoms with van der Waals surface area (Å²) in [7, 11) is 2.07. The lowest BCUT2D eigenvalue weighted by molar-refractivity contribution is -0.384. The molecule has 0 atom stereocenters. The molecule has 26 heavy (non-hydrogen) atoms. The number of nitro groups is 1. The summed E-state index contributed by atoms with van der Waals surface area (Å²) in [5, 5.41) is 15.0. The number of nitrogens with zero attached hydrogens (tertiary/aromatic N) is 3. The van der Waals surface area contributed by atoms with Gasteiger partial charge in [0.1, 0.15) is 0 Å². The molecule has 3 heterocycles. The van der Waals surface area contributed by atoms with Gasteiger partial charge in [-0.25, -0.2) is 4.98 Å². The van der Waals surface area contributed by atoms with Gasteiger partial charge in [-0.05, 0) is 19.2 Å². The number of non-ortho nitro benzene ring substituents is 1. The van der Waals surface area contributed by atoms with Crippen LogP contribution in [0.3, 0.4) is 0 Å². The average molecular weight is 411 g/mol. The molecule has 0 fully saturated rings. The van der Waals surface area contributed by atoms with Gasteiger partial charge in [0, 0.05) is 46.6 Å². The Morgan fingerprint density at radius 3 is 2.92 bits per heavy atom. The van der Waals surface area contributed by atoms with Crippen LogP contribution in [0.1, 0.15) is 20.2 Å². The smallest absolute Gasteiger partial charge is 0.270 e. The van der Waals surface area contributed by atoms with Crippen molar-refractivity contribution in [1.82, 2.24) is 9.88 Å². The number of nitrogens with one attached hydrogen (secondary N) is 1. The molecule has 0 saturated heterocycles. The molecule has 2 aromatic heterocycles. The Morgan fingerprint density at radius 2 is 2.15 bits per heavy atom. The van der Waals surface area contributed by atoms with Crippen LogP contribution in [0.2, 0.25) is 0 Å². The first-order valence-electron chi connectivity index (χ1n) is 7.66. The fraction of sp³-hybridized carbons (Fsp3) is 0.250. The lowest BCUT2D eigenvalue weighted by atomic mass is 10.2. The summed E-state index contributed by atoms with van der Waals surface area (Å²) in [6.07, 6.45) is 0.894. The predicted molar refractivity (Wildman–Crippen MR) is 106 cm³/mol. The van der Waals surface area contributed by atoms with Crippen LogP contribution in [0, 0.1) is 10.1 Å². The van der Waals surface area contributed by atoms with Gasteiger partial charge in [-0.1, -0.05) is 0 Å². The Balaban J connectivity index is 0.00000196. The zero-order chi connectivity index (χ0) is 17.6. The molecule has 1 amide bonds. The van der Waals surface area contributed by atoms with E-state index in [1.54, 1.807) is 12.1 Å². The maximum atomic E-state index is 12.5. The predicted octanol–water partition coefficient (Wildman–Crippen LogP) is 3.93. The van der Waals surface area contributed by atoms with Crippen molar-refractivity contribution in [3.63, 3.8) is 0 Å². The molecule has 0 radical (unpaired) electrons. The number of carbonyl (C=O) groups excluding carboxylic acids is 1. The normalized spacial score (nSPS) is 13.9. The lowest BCUT2D eigenvalue weighted by Gasteiger charge is -2.20. The molecule has 7 nitrogen and oxygen atoms in total. The maximum absolute atomic E-state index is 12.5. The van der Waals surface area contributed by atoms with Crippen molar-refractivity contribution in [2.75, 3.05) is 18.9 Å². The van der Waals surface area contributed by atoms with Crippen molar-refractivity contribution in [1.29, 1.82) is 0 Å². The van der Waals surface area contributed by atoms with Crippen LogP contribution in [0.5, 0.6) is 0 Å². The molecule has 0 saturated carbocycles. The summed E-state index contributed by atoms with van der Waals surface area (Å²) in [5.74, 6) is -0.233. The van der Waals surface area contributed by atoms with E-state index in [9.17, 15) is 14.9 Å². The van der Waals surface area contributed by atoms with E-state index in [2.05, 4.69) is 22.2 Å². The highest BCUT2D eigenvalue weighted by atomic mass is 35.5. The molecule has 4 rings (SSSR count). The summed E-state index contributed by atoms with van der Waals surface area (Å²) in [6, 6.07) is 6.29. The largest absolute Gasteiger partial charge is 0.301 e. The number of thiazole rings is 1. The van der Waals surface area contributed by atoms with Gasteiger partial charge in [0.15, 0.2) is 5.13 Å². The van der Waals surface area contributed by atoms with E-state index in [1.807, 2.05) is 0 Å². The first kappa shape index (κ1) is 18.7. The number of halogens is 1. The summed E-state index contributed by atoms with van der Waals surface area (Å²) in [4.78, 5) is 31.4. The van der Waals surface area contributed by atoms with Crippen molar-refractivity contribution < 1.29 is 9.72 Å². The quantitative estimate of drug-likeness (QED) is 0.522. The number of aromatic nitrogens is 1. The number of thiophene rings is 1. The number of fused-ring (bicyclic) bond motifs is 2. The molecule has 3 aromatic rings. The molecule has 0 aliphatic carbocycles. The van der Waals surface area contributed by atoms with Gasteiger partial charge < -0.3 is 4.90 Å². The van der Waals surface area contributed by atoms with Gasteiger partial charge in [-0.3, -0.25) is 20.2 Å². The highest BCUT2D eigenvalue weighted by Crippen LogP contribution is 2.31. The first-order chi connectivity index (χ1) is 12.0. The number of nitro benzene ring substituents is 1. The molecule has 1 N–H and O–H groups in total. The monoisotopic (exact) mass is 410 g/mol. The van der Waals surface area contributed by atoms with Crippen LogP contribution in [0.15, 0.2) is 24.3 Å². The molecule has 0 unspecified atom stereocenters. The molecular weight excluding hydrogens is 396 g/mol. The third-order valence-electron chi connectivity index (χ3n) is 4.08. The van der Waals surface area contributed by atoms with Crippen molar-refractivity contribution in [3.05, 3.63) is 49.8 Å². The number of hydrogen-bond acceptors (Lipinski definition) is 7. The number of hydrogen-bond donors (Lipinski definition) is 1. The second kappa shape index (κ2) is 7.28. The van der Waals surface area contributed by atoms with Crippen LogP contribution in [0.25, 0.3) is 10.1 Å². The summed E-state index contributed by atoms with van der Waals surface area (Å²) in [5.41, 5.74) is 1.08. The maximum Gasteiger partial charge on any atom is 0.270 e.